The van der Waals surface area contributed by atoms with Gasteiger partial charge in [-0.05, 0) is 66.9 Å². The first-order valence-corrected chi connectivity index (χ1v) is 15.7. The second kappa shape index (κ2) is 8.87. The van der Waals surface area contributed by atoms with Gasteiger partial charge >= 0.3 is 0 Å². The van der Waals surface area contributed by atoms with Gasteiger partial charge in [0.15, 0.2) is 24.1 Å². The van der Waals surface area contributed by atoms with Crippen LogP contribution in [0.2, 0.25) is 0 Å². The molecule has 10 rings (SSSR count). The number of hydrogen-bond acceptors (Lipinski definition) is 0. The number of allylic oxidation sites excluding steroid dienone is 1. The summed E-state index contributed by atoms with van der Waals surface area (Å²) in [6.07, 6.45) is 7.44. The predicted octanol–water partition coefficient (Wildman–Crippen LogP) is 8.89. The van der Waals surface area contributed by atoms with E-state index in [0.717, 1.165) is 25.0 Å². The van der Waals surface area contributed by atoms with Crippen molar-refractivity contribution in [3.8, 4) is 22.5 Å². The maximum Gasteiger partial charge on any atom is 0.218 e. The highest BCUT2D eigenvalue weighted by Crippen LogP contribution is 2.45. The second-order valence-electron chi connectivity index (χ2n) is 12.6. The first kappa shape index (κ1) is 24.2. The molecule has 0 N–H and O–H groups in total. The van der Waals surface area contributed by atoms with E-state index in [1.54, 1.807) is 0 Å². The van der Waals surface area contributed by atoms with Crippen molar-refractivity contribution in [1.82, 2.24) is 4.40 Å². The first-order chi connectivity index (χ1) is 21.8. The molecule has 2 aliphatic heterocycles. The fourth-order valence-electron chi connectivity index (χ4n) is 8.57. The molecule has 3 heteroatoms. The highest BCUT2D eigenvalue weighted by Gasteiger charge is 2.42. The average Bonchev–Trinajstić information content (AvgIpc) is 3.59. The van der Waals surface area contributed by atoms with E-state index in [4.69, 9.17) is 6.58 Å². The molecule has 0 aliphatic carbocycles. The topological polar surface area (TPSA) is 12.2 Å². The van der Waals surface area contributed by atoms with Crippen molar-refractivity contribution in [2.24, 2.45) is 0 Å². The van der Waals surface area contributed by atoms with Crippen LogP contribution < -0.4 is 9.13 Å². The van der Waals surface area contributed by atoms with Gasteiger partial charge in [0.25, 0.3) is 0 Å². The van der Waals surface area contributed by atoms with E-state index < -0.39 is 0 Å². The van der Waals surface area contributed by atoms with Crippen molar-refractivity contribution >= 4 is 43.8 Å². The van der Waals surface area contributed by atoms with E-state index in [1.165, 1.54) is 71.7 Å². The van der Waals surface area contributed by atoms with Crippen LogP contribution in [-0.2, 0) is 6.42 Å². The van der Waals surface area contributed by atoms with Gasteiger partial charge in [0.2, 0.25) is 11.4 Å². The van der Waals surface area contributed by atoms with Crippen molar-refractivity contribution < 1.29 is 9.13 Å². The molecule has 208 valence electrons. The number of nitrogens with zero attached hydrogens (tertiary/aromatic N) is 3. The molecule has 3 nitrogen and oxygen atoms in total. The molecular weight excluding hydrogens is 534 g/mol. The zero-order chi connectivity index (χ0) is 28.9. The zero-order valence-electron chi connectivity index (χ0n) is 24.4. The lowest BCUT2D eigenvalue weighted by Gasteiger charge is -2.31. The number of aryl methyl sites for hydroxylation is 1. The van der Waals surface area contributed by atoms with Gasteiger partial charge < -0.3 is 4.40 Å². The maximum absolute atomic E-state index is 4.73. The number of pyridine rings is 2. The molecule has 0 saturated carbocycles. The summed E-state index contributed by atoms with van der Waals surface area (Å²) in [5.41, 5.74) is 13.1. The predicted molar refractivity (Wildman–Crippen MR) is 179 cm³/mol. The first-order valence-electron chi connectivity index (χ1n) is 15.7. The molecule has 8 aromatic rings. The molecular formula is C41H31N3+2. The van der Waals surface area contributed by atoms with Crippen molar-refractivity contribution in [3.63, 3.8) is 0 Å². The van der Waals surface area contributed by atoms with Crippen molar-refractivity contribution in [3.05, 3.63) is 145 Å². The van der Waals surface area contributed by atoms with Gasteiger partial charge in [-0.3, -0.25) is 0 Å². The Morgan fingerprint density at radius 3 is 2.32 bits per heavy atom. The average molecular weight is 566 g/mol. The van der Waals surface area contributed by atoms with Crippen molar-refractivity contribution in [1.29, 1.82) is 0 Å². The molecule has 6 heterocycles. The summed E-state index contributed by atoms with van der Waals surface area (Å²) in [7, 11) is 0. The number of para-hydroxylation sites is 2. The molecule has 4 aromatic heterocycles. The van der Waals surface area contributed by atoms with Gasteiger partial charge in [0.05, 0.1) is 28.5 Å². The van der Waals surface area contributed by atoms with Gasteiger partial charge in [-0.25, -0.2) is 0 Å². The Morgan fingerprint density at radius 2 is 1.39 bits per heavy atom. The lowest BCUT2D eigenvalue weighted by Crippen LogP contribution is -2.49. The molecule has 44 heavy (non-hydrogen) atoms. The van der Waals surface area contributed by atoms with Crippen molar-refractivity contribution in [2.75, 3.05) is 0 Å². The molecule has 0 amide bonds. The van der Waals surface area contributed by atoms with Crippen LogP contribution in [-0.4, -0.2) is 4.40 Å². The largest absolute Gasteiger partial charge is 0.308 e. The van der Waals surface area contributed by atoms with Crippen LogP contribution in [0.25, 0.3) is 66.3 Å². The van der Waals surface area contributed by atoms with Crippen LogP contribution in [0.1, 0.15) is 35.9 Å². The van der Waals surface area contributed by atoms with Gasteiger partial charge in [0.1, 0.15) is 0 Å². The summed E-state index contributed by atoms with van der Waals surface area (Å²) in [6, 6.07) is 43.2. The summed E-state index contributed by atoms with van der Waals surface area (Å²) in [5, 5.41) is 5.29. The van der Waals surface area contributed by atoms with Crippen LogP contribution >= 0.6 is 0 Å². The van der Waals surface area contributed by atoms with E-state index in [2.05, 4.69) is 141 Å². The molecule has 0 spiro atoms. The fourth-order valence-corrected chi connectivity index (χ4v) is 8.57. The Labute approximate surface area is 255 Å². The summed E-state index contributed by atoms with van der Waals surface area (Å²) < 4.78 is 7.38. The molecule has 4 aromatic carbocycles. The number of fused-ring (bicyclic) bond motifs is 15. The van der Waals surface area contributed by atoms with Crippen LogP contribution in [0.4, 0.5) is 0 Å². The fraction of sp³-hybridized carbons (Fsp3) is 0.122. The maximum atomic E-state index is 4.73. The Hall–Kier alpha value is -5.28. The minimum absolute atomic E-state index is 0.294. The minimum Gasteiger partial charge on any atom is -0.308 e. The number of rotatable bonds is 0. The van der Waals surface area contributed by atoms with Crippen LogP contribution in [0.5, 0.6) is 0 Å². The number of benzene rings is 4. The van der Waals surface area contributed by atoms with Gasteiger partial charge in [-0.2, -0.15) is 9.13 Å². The molecule has 2 atom stereocenters. The smallest absolute Gasteiger partial charge is 0.218 e. The summed E-state index contributed by atoms with van der Waals surface area (Å²) in [4.78, 5) is 0. The quantitative estimate of drug-likeness (QED) is 0.163. The third-order valence-corrected chi connectivity index (χ3v) is 10.4. The Morgan fingerprint density at radius 1 is 0.636 bits per heavy atom. The Kier molecular flexibility index (Phi) is 4.88. The molecule has 0 fully saturated rings. The van der Waals surface area contributed by atoms with Gasteiger partial charge in [-0.1, -0.05) is 54.6 Å². The number of aromatic nitrogens is 3. The lowest BCUT2D eigenvalue weighted by molar-refractivity contribution is -0.720. The third kappa shape index (κ3) is 3.16. The highest BCUT2D eigenvalue weighted by atomic mass is 15.0. The summed E-state index contributed by atoms with van der Waals surface area (Å²) in [5.74, 6) is 0.381. The van der Waals surface area contributed by atoms with Crippen LogP contribution in [0.3, 0.4) is 0 Å². The van der Waals surface area contributed by atoms with E-state index >= 15 is 0 Å². The standard InChI is InChI=1S/C41H31N3/c1-26-23-39-31(28-11-2-3-12-29(28)36-16-7-9-22-43(36)39)20-19-27-24-40-35(25-34(27)37-17-6-8-21-42(26)37)33-15-10-14-32-30-13-4-5-18-38(30)44(40)41(32)33/h2-18,21-22,24-25,31,39H,1,19-20,23H2/q+2. The zero-order valence-corrected chi connectivity index (χ0v) is 24.4. The van der Waals surface area contributed by atoms with E-state index in [-0.39, 0.29) is 0 Å². The van der Waals surface area contributed by atoms with Crippen LogP contribution in [0.15, 0.2) is 134 Å². The molecule has 2 unspecified atom stereocenters. The van der Waals surface area contributed by atoms with E-state index in [0.29, 0.717) is 12.0 Å². The van der Waals surface area contributed by atoms with Gasteiger partial charge in [0, 0.05) is 57.3 Å². The number of hydrogen-bond donors (Lipinski definition) is 0. The molecule has 0 radical (unpaired) electrons. The van der Waals surface area contributed by atoms with Crippen molar-refractivity contribution in [2.45, 2.75) is 31.2 Å². The molecule has 0 saturated heterocycles. The highest BCUT2D eigenvalue weighted by molar-refractivity contribution is 6.23. The van der Waals surface area contributed by atoms with Crippen LogP contribution in [0, 0.1) is 0 Å². The normalized spacial score (nSPS) is 17.8. The monoisotopic (exact) mass is 565 g/mol. The molecule has 0 bridgehead atoms. The summed E-state index contributed by atoms with van der Waals surface area (Å²) >= 11 is 0. The SMILES string of the molecule is C=C1CC2C(CCc3cc4c(cc3-c3cccc[n+]31)c1cccc3c5ccccc5n4c31)c1ccccc1-c1cccc[n+]12. The van der Waals surface area contributed by atoms with E-state index in [9.17, 15) is 0 Å². The van der Waals surface area contributed by atoms with E-state index in [1.807, 2.05) is 0 Å². The Balaban J connectivity index is 1.26. The summed E-state index contributed by atoms with van der Waals surface area (Å²) in [6.45, 7) is 4.73. The minimum atomic E-state index is 0.294. The second-order valence-corrected chi connectivity index (χ2v) is 12.6. The Bertz CT molecular complexity index is 2460. The van der Waals surface area contributed by atoms with Gasteiger partial charge in [-0.15, -0.1) is 0 Å². The lowest BCUT2D eigenvalue weighted by atomic mass is 9.77. The third-order valence-electron chi connectivity index (χ3n) is 10.4. The molecule has 2 aliphatic rings.